The van der Waals surface area contributed by atoms with Gasteiger partial charge in [-0.05, 0) is 59.7 Å². The Balaban J connectivity index is 1.64. The molecule has 2 aromatic rings. The molecule has 0 saturated carbocycles. The normalized spacial score (nSPS) is 16.9. The van der Waals surface area contributed by atoms with E-state index in [2.05, 4.69) is 39.4 Å². The van der Waals surface area contributed by atoms with Crippen LogP contribution in [0.3, 0.4) is 0 Å². The molecule has 0 aromatic carbocycles. The monoisotopic (exact) mass is 372 g/mol. The Kier molecular flexibility index (Phi) is 6.31. The van der Waals surface area contributed by atoms with Gasteiger partial charge in [0.1, 0.15) is 5.69 Å². The van der Waals surface area contributed by atoms with Crippen LogP contribution in [0.25, 0.3) is 11.3 Å². The number of aryl methyl sites for hydroxylation is 2. The average molecular weight is 373 g/mol. The zero-order valence-electron chi connectivity index (χ0n) is 17.0. The van der Waals surface area contributed by atoms with Gasteiger partial charge in [-0.2, -0.15) is 10.2 Å². The van der Waals surface area contributed by atoms with Gasteiger partial charge in [0, 0.05) is 30.4 Å². The quantitative estimate of drug-likeness (QED) is 0.817. The Morgan fingerprint density at radius 2 is 1.96 bits per heavy atom. The largest absolute Gasteiger partial charge is 0.347 e. The lowest BCUT2D eigenvalue weighted by molar-refractivity contribution is 0.0924. The molecule has 1 aliphatic rings. The maximum atomic E-state index is 12.6. The number of hydrogen-bond donors (Lipinski definition) is 2. The molecular weight excluding hydrogens is 340 g/mol. The fraction of sp³-hybridized carbons (Fsp3) is 0.650. The van der Waals surface area contributed by atoms with Gasteiger partial charge >= 0.3 is 0 Å². The topological polar surface area (TPSA) is 78.8 Å². The highest BCUT2D eigenvalue weighted by Crippen LogP contribution is 2.25. The van der Waals surface area contributed by atoms with Gasteiger partial charge in [-0.25, -0.2) is 0 Å². The van der Waals surface area contributed by atoms with Crippen LogP contribution in [0.2, 0.25) is 0 Å². The highest BCUT2D eigenvalue weighted by Gasteiger charge is 2.19. The Hall–Kier alpha value is -2.15. The van der Waals surface area contributed by atoms with Crippen molar-refractivity contribution < 1.29 is 4.79 Å². The van der Waals surface area contributed by atoms with E-state index in [1.807, 2.05) is 24.6 Å². The smallest absolute Gasteiger partial charge is 0.269 e. The molecular formula is C20H32N6O. The molecule has 0 aliphatic carbocycles. The lowest BCUT2D eigenvalue weighted by atomic mass is 10.1. The van der Waals surface area contributed by atoms with Crippen LogP contribution in [0.15, 0.2) is 6.07 Å². The second-order valence-electron chi connectivity index (χ2n) is 7.62. The maximum Gasteiger partial charge on any atom is 0.269 e. The number of hydrogen-bond acceptors (Lipinski definition) is 4. The van der Waals surface area contributed by atoms with Crippen molar-refractivity contribution in [3.8, 4) is 11.3 Å². The first-order valence-electron chi connectivity index (χ1n) is 10.1. The molecule has 1 fully saturated rings. The molecule has 1 saturated heterocycles. The second kappa shape index (κ2) is 8.69. The molecule has 2 aromatic heterocycles. The van der Waals surface area contributed by atoms with Crippen molar-refractivity contribution in [3.05, 3.63) is 23.1 Å². The highest BCUT2D eigenvalue weighted by atomic mass is 16.2. The van der Waals surface area contributed by atoms with E-state index in [1.165, 1.54) is 25.7 Å². The van der Waals surface area contributed by atoms with Gasteiger partial charge in [0.15, 0.2) is 0 Å². The van der Waals surface area contributed by atoms with E-state index in [4.69, 9.17) is 0 Å². The van der Waals surface area contributed by atoms with Crippen molar-refractivity contribution in [2.75, 3.05) is 19.6 Å². The van der Waals surface area contributed by atoms with Gasteiger partial charge in [0.05, 0.1) is 11.4 Å². The van der Waals surface area contributed by atoms with Crippen LogP contribution in [-0.2, 0) is 6.54 Å². The molecule has 0 spiro atoms. The van der Waals surface area contributed by atoms with E-state index >= 15 is 0 Å². The molecule has 1 amide bonds. The number of likely N-dealkylation sites (tertiary alicyclic amines) is 1. The highest BCUT2D eigenvalue weighted by molar-refractivity contribution is 5.93. The van der Waals surface area contributed by atoms with Gasteiger partial charge in [0.2, 0.25) is 0 Å². The Labute approximate surface area is 161 Å². The summed E-state index contributed by atoms with van der Waals surface area (Å²) in [5.74, 6) is -0.103. The third kappa shape index (κ3) is 4.58. The molecule has 2 N–H and O–H groups in total. The molecule has 0 bridgehead atoms. The summed E-state index contributed by atoms with van der Waals surface area (Å²) in [6.07, 6.45) is 5.16. The van der Waals surface area contributed by atoms with Gasteiger partial charge in [-0.3, -0.25) is 14.6 Å². The van der Waals surface area contributed by atoms with E-state index in [0.29, 0.717) is 5.69 Å². The molecule has 7 nitrogen and oxygen atoms in total. The predicted molar refractivity (Wildman–Crippen MR) is 107 cm³/mol. The van der Waals surface area contributed by atoms with E-state index in [0.717, 1.165) is 48.8 Å². The third-order valence-corrected chi connectivity index (χ3v) is 5.37. The average Bonchev–Trinajstić information content (AvgIpc) is 3.11. The fourth-order valence-electron chi connectivity index (χ4n) is 3.99. The fourth-order valence-corrected chi connectivity index (χ4v) is 3.99. The molecule has 3 rings (SSSR count). The van der Waals surface area contributed by atoms with Crippen molar-refractivity contribution in [2.45, 2.75) is 66.0 Å². The van der Waals surface area contributed by atoms with Crippen molar-refractivity contribution in [1.82, 2.24) is 30.2 Å². The standard InChI is InChI=1S/C20H32N6O/c1-5-26-16(4)19(15(3)24-26)17-12-18(23-22-17)20(27)21-14(2)13-25-10-8-6-7-9-11-25/h12,14H,5-11,13H2,1-4H3,(H,21,27)(H,22,23)/t14-/m1/s1. The Bertz CT molecular complexity index is 770. The zero-order chi connectivity index (χ0) is 19.4. The Morgan fingerprint density at radius 3 is 2.59 bits per heavy atom. The molecule has 0 radical (unpaired) electrons. The van der Waals surface area contributed by atoms with Crippen molar-refractivity contribution in [2.24, 2.45) is 0 Å². The summed E-state index contributed by atoms with van der Waals surface area (Å²) < 4.78 is 1.96. The van der Waals surface area contributed by atoms with Crippen molar-refractivity contribution in [3.63, 3.8) is 0 Å². The van der Waals surface area contributed by atoms with Crippen molar-refractivity contribution in [1.29, 1.82) is 0 Å². The van der Waals surface area contributed by atoms with Crippen LogP contribution in [0.5, 0.6) is 0 Å². The van der Waals surface area contributed by atoms with Gasteiger partial charge in [-0.1, -0.05) is 12.8 Å². The maximum absolute atomic E-state index is 12.6. The number of aromatic nitrogens is 4. The molecule has 1 atom stereocenters. The van der Waals surface area contributed by atoms with Crippen LogP contribution >= 0.6 is 0 Å². The minimum absolute atomic E-state index is 0.103. The number of nitrogens with zero attached hydrogens (tertiary/aromatic N) is 4. The minimum atomic E-state index is -0.103. The number of H-pyrrole nitrogens is 1. The molecule has 27 heavy (non-hydrogen) atoms. The number of carbonyl (C=O) groups excluding carboxylic acids is 1. The van der Waals surface area contributed by atoms with Gasteiger partial charge in [0.25, 0.3) is 5.91 Å². The predicted octanol–water partition coefficient (Wildman–Crippen LogP) is 2.90. The first kappa shape index (κ1) is 19.6. The number of nitrogens with one attached hydrogen (secondary N) is 2. The molecule has 0 unspecified atom stereocenters. The Morgan fingerprint density at radius 1 is 1.26 bits per heavy atom. The molecule has 7 heteroatoms. The minimum Gasteiger partial charge on any atom is -0.347 e. The zero-order valence-corrected chi connectivity index (χ0v) is 17.0. The number of aromatic amines is 1. The van der Waals surface area contributed by atoms with Crippen LogP contribution < -0.4 is 5.32 Å². The van der Waals surface area contributed by atoms with E-state index in [1.54, 1.807) is 0 Å². The number of amides is 1. The van der Waals surface area contributed by atoms with Crippen molar-refractivity contribution >= 4 is 5.91 Å². The summed E-state index contributed by atoms with van der Waals surface area (Å²) in [6.45, 7) is 12.1. The lowest BCUT2D eigenvalue weighted by Crippen LogP contribution is -2.42. The first-order valence-corrected chi connectivity index (χ1v) is 10.1. The SMILES string of the molecule is CCn1nc(C)c(-c2cc(C(=O)N[C@H](C)CN3CCCCCC3)[nH]n2)c1C. The van der Waals surface area contributed by atoms with Crippen LogP contribution in [-0.4, -0.2) is 56.5 Å². The summed E-state index contributed by atoms with van der Waals surface area (Å²) in [4.78, 5) is 15.1. The van der Waals surface area contributed by atoms with Gasteiger partial charge in [-0.15, -0.1) is 0 Å². The van der Waals surface area contributed by atoms with E-state index < -0.39 is 0 Å². The molecule has 148 valence electrons. The number of carbonyl (C=O) groups is 1. The lowest BCUT2D eigenvalue weighted by Gasteiger charge is -2.24. The summed E-state index contributed by atoms with van der Waals surface area (Å²) in [5.41, 5.74) is 4.28. The summed E-state index contributed by atoms with van der Waals surface area (Å²) in [7, 11) is 0. The van der Waals surface area contributed by atoms with E-state index in [9.17, 15) is 4.79 Å². The van der Waals surface area contributed by atoms with Gasteiger partial charge < -0.3 is 10.2 Å². The van der Waals surface area contributed by atoms with Crippen LogP contribution in [0, 0.1) is 13.8 Å². The van der Waals surface area contributed by atoms with E-state index in [-0.39, 0.29) is 11.9 Å². The summed E-state index contributed by atoms with van der Waals surface area (Å²) in [6, 6.07) is 1.93. The molecule has 3 heterocycles. The first-order chi connectivity index (χ1) is 13.0. The van der Waals surface area contributed by atoms with Crippen LogP contribution in [0.1, 0.15) is 61.4 Å². The second-order valence-corrected chi connectivity index (χ2v) is 7.62. The molecule has 1 aliphatic heterocycles. The summed E-state index contributed by atoms with van der Waals surface area (Å²) >= 11 is 0. The summed E-state index contributed by atoms with van der Waals surface area (Å²) in [5, 5.41) is 14.9. The van der Waals surface area contributed by atoms with Crippen LogP contribution in [0.4, 0.5) is 0 Å². The third-order valence-electron chi connectivity index (χ3n) is 5.37. The number of rotatable bonds is 6.